The van der Waals surface area contributed by atoms with Gasteiger partial charge in [0.25, 0.3) is 0 Å². The SMILES string of the molecule is C[C@@H](N)C(=O)NC1CCCOc2cc(F)ccc21.Cl. The van der Waals surface area contributed by atoms with Crippen molar-refractivity contribution in [1.29, 1.82) is 0 Å². The van der Waals surface area contributed by atoms with E-state index in [1.807, 2.05) is 0 Å². The first-order chi connectivity index (χ1) is 8.58. The highest BCUT2D eigenvalue weighted by Gasteiger charge is 2.22. The average molecular weight is 289 g/mol. The third-order valence-electron chi connectivity index (χ3n) is 2.98. The van der Waals surface area contributed by atoms with E-state index in [1.54, 1.807) is 13.0 Å². The van der Waals surface area contributed by atoms with Crippen molar-refractivity contribution in [3.8, 4) is 5.75 Å². The van der Waals surface area contributed by atoms with Crippen LogP contribution in [-0.4, -0.2) is 18.6 Å². The molecule has 2 rings (SSSR count). The van der Waals surface area contributed by atoms with Gasteiger partial charge in [0.1, 0.15) is 11.6 Å². The van der Waals surface area contributed by atoms with Crippen LogP contribution in [0.3, 0.4) is 0 Å². The summed E-state index contributed by atoms with van der Waals surface area (Å²) >= 11 is 0. The Hall–Kier alpha value is -1.33. The van der Waals surface area contributed by atoms with E-state index in [9.17, 15) is 9.18 Å². The van der Waals surface area contributed by atoms with Gasteiger partial charge in [0.15, 0.2) is 0 Å². The Morgan fingerprint density at radius 2 is 2.32 bits per heavy atom. The predicted molar refractivity (Wildman–Crippen MR) is 72.9 cm³/mol. The van der Waals surface area contributed by atoms with Crippen molar-refractivity contribution in [2.75, 3.05) is 6.61 Å². The fourth-order valence-electron chi connectivity index (χ4n) is 2.00. The van der Waals surface area contributed by atoms with E-state index >= 15 is 0 Å². The number of fused-ring (bicyclic) bond motifs is 1. The second-order valence-corrected chi connectivity index (χ2v) is 4.52. The zero-order valence-electron chi connectivity index (χ0n) is 10.7. The number of hydrogen-bond acceptors (Lipinski definition) is 3. The topological polar surface area (TPSA) is 64.4 Å². The molecule has 1 aromatic rings. The lowest BCUT2D eigenvalue weighted by Gasteiger charge is -2.19. The van der Waals surface area contributed by atoms with Gasteiger partial charge >= 0.3 is 0 Å². The molecule has 106 valence electrons. The molecule has 1 aliphatic heterocycles. The van der Waals surface area contributed by atoms with Gasteiger partial charge in [-0.1, -0.05) is 6.07 Å². The maximum absolute atomic E-state index is 13.2. The summed E-state index contributed by atoms with van der Waals surface area (Å²) in [6, 6.07) is 3.66. The van der Waals surface area contributed by atoms with Crippen molar-refractivity contribution < 1.29 is 13.9 Å². The molecule has 0 aliphatic carbocycles. The summed E-state index contributed by atoms with van der Waals surface area (Å²) in [4.78, 5) is 11.6. The summed E-state index contributed by atoms with van der Waals surface area (Å²) < 4.78 is 18.6. The molecular formula is C13H18ClFN2O2. The molecule has 3 N–H and O–H groups in total. The predicted octanol–water partition coefficient (Wildman–Crippen LogP) is 1.92. The van der Waals surface area contributed by atoms with Gasteiger partial charge in [0.05, 0.1) is 18.7 Å². The minimum atomic E-state index is -0.557. The number of benzene rings is 1. The Labute approximate surface area is 117 Å². The molecule has 0 aromatic heterocycles. The lowest BCUT2D eigenvalue weighted by Crippen LogP contribution is -2.40. The number of amides is 1. The van der Waals surface area contributed by atoms with Crippen LogP contribution in [0.15, 0.2) is 18.2 Å². The zero-order chi connectivity index (χ0) is 13.1. The molecule has 0 radical (unpaired) electrons. The summed E-state index contributed by atoms with van der Waals surface area (Å²) in [5.41, 5.74) is 6.34. The van der Waals surface area contributed by atoms with Crippen molar-refractivity contribution in [3.63, 3.8) is 0 Å². The van der Waals surface area contributed by atoms with Gasteiger partial charge < -0.3 is 15.8 Å². The summed E-state index contributed by atoms with van der Waals surface area (Å²) in [5, 5.41) is 2.87. The molecule has 19 heavy (non-hydrogen) atoms. The number of nitrogens with one attached hydrogen (secondary N) is 1. The Kier molecular flexibility index (Phi) is 5.57. The number of nitrogens with two attached hydrogens (primary N) is 1. The van der Waals surface area contributed by atoms with Gasteiger partial charge in [0.2, 0.25) is 5.91 Å². The molecule has 0 saturated heterocycles. The van der Waals surface area contributed by atoms with Crippen LogP contribution in [0.4, 0.5) is 4.39 Å². The Morgan fingerprint density at radius 3 is 3.00 bits per heavy atom. The maximum atomic E-state index is 13.2. The van der Waals surface area contributed by atoms with Crippen molar-refractivity contribution >= 4 is 18.3 Å². The van der Waals surface area contributed by atoms with Gasteiger partial charge in [-0.15, -0.1) is 12.4 Å². The second kappa shape index (κ2) is 6.73. The van der Waals surface area contributed by atoms with Gasteiger partial charge in [0, 0.05) is 11.6 Å². The molecule has 0 spiro atoms. The molecule has 0 bridgehead atoms. The summed E-state index contributed by atoms with van der Waals surface area (Å²) in [7, 11) is 0. The fourth-order valence-corrected chi connectivity index (χ4v) is 2.00. The minimum absolute atomic E-state index is 0. The van der Waals surface area contributed by atoms with E-state index in [-0.39, 0.29) is 30.2 Å². The van der Waals surface area contributed by atoms with Crippen LogP contribution in [0.2, 0.25) is 0 Å². The smallest absolute Gasteiger partial charge is 0.237 e. The fraction of sp³-hybridized carbons (Fsp3) is 0.462. The van der Waals surface area contributed by atoms with Crippen LogP contribution in [0, 0.1) is 5.82 Å². The van der Waals surface area contributed by atoms with Crippen LogP contribution in [0.1, 0.15) is 31.4 Å². The van der Waals surface area contributed by atoms with E-state index in [4.69, 9.17) is 10.5 Å². The number of carbonyl (C=O) groups excluding carboxylic acids is 1. The van der Waals surface area contributed by atoms with E-state index < -0.39 is 6.04 Å². The Morgan fingerprint density at radius 1 is 1.58 bits per heavy atom. The first-order valence-electron chi connectivity index (χ1n) is 6.06. The van der Waals surface area contributed by atoms with Crippen molar-refractivity contribution in [3.05, 3.63) is 29.6 Å². The first kappa shape index (κ1) is 15.7. The average Bonchev–Trinajstić information content (AvgIpc) is 2.51. The molecule has 4 nitrogen and oxygen atoms in total. The first-order valence-corrected chi connectivity index (χ1v) is 6.06. The van der Waals surface area contributed by atoms with Crippen molar-refractivity contribution in [2.24, 2.45) is 5.73 Å². The van der Waals surface area contributed by atoms with Crippen LogP contribution in [0.5, 0.6) is 5.75 Å². The number of hydrogen-bond donors (Lipinski definition) is 2. The van der Waals surface area contributed by atoms with E-state index in [1.165, 1.54) is 12.1 Å². The standard InChI is InChI=1S/C13H17FN2O2.ClH/c1-8(15)13(17)16-11-3-2-6-18-12-7-9(14)4-5-10(11)12;/h4-5,7-8,11H,2-3,6,15H2,1H3,(H,16,17);1H/t8-,11?;/m1./s1. The number of carbonyl (C=O) groups is 1. The molecule has 6 heteroatoms. The van der Waals surface area contributed by atoms with E-state index in [0.29, 0.717) is 12.4 Å². The van der Waals surface area contributed by atoms with Gasteiger partial charge in [-0.2, -0.15) is 0 Å². The monoisotopic (exact) mass is 288 g/mol. The van der Waals surface area contributed by atoms with Crippen LogP contribution < -0.4 is 15.8 Å². The van der Waals surface area contributed by atoms with Crippen molar-refractivity contribution in [1.82, 2.24) is 5.32 Å². The molecule has 0 fully saturated rings. The Balaban J connectivity index is 0.00000180. The summed E-state index contributed by atoms with van der Waals surface area (Å²) in [5.74, 6) is -0.0485. The lowest BCUT2D eigenvalue weighted by molar-refractivity contribution is -0.122. The normalized spacial score (nSPS) is 19.2. The number of halogens is 2. The second-order valence-electron chi connectivity index (χ2n) is 4.52. The largest absolute Gasteiger partial charge is 0.493 e. The van der Waals surface area contributed by atoms with E-state index in [0.717, 1.165) is 18.4 Å². The summed E-state index contributed by atoms with van der Waals surface area (Å²) in [6.45, 7) is 2.16. The van der Waals surface area contributed by atoms with Crippen LogP contribution >= 0.6 is 12.4 Å². The highest BCUT2D eigenvalue weighted by Crippen LogP contribution is 2.31. The highest BCUT2D eigenvalue weighted by molar-refractivity contribution is 5.85. The number of ether oxygens (including phenoxy) is 1. The Bertz CT molecular complexity index is 454. The molecular weight excluding hydrogens is 271 g/mol. The van der Waals surface area contributed by atoms with Gasteiger partial charge in [-0.25, -0.2) is 4.39 Å². The van der Waals surface area contributed by atoms with Gasteiger partial charge in [-0.05, 0) is 25.8 Å². The third kappa shape index (κ3) is 3.81. The van der Waals surface area contributed by atoms with Crippen LogP contribution in [-0.2, 0) is 4.79 Å². The zero-order valence-corrected chi connectivity index (χ0v) is 11.5. The quantitative estimate of drug-likeness (QED) is 0.874. The molecule has 2 atom stereocenters. The maximum Gasteiger partial charge on any atom is 0.237 e. The molecule has 1 unspecified atom stereocenters. The molecule has 1 heterocycles. The molecule has 1 aliphatic rings. The van der Waals surface area contributed by atoms with Crippen LogP contribution in [0.25, 0.3) is 0 Å². The van der Waals surface area contributed by atoms with E-state index in [2.05, 4.69) is 5.32 Å². The molecule has 0 saturated carbocycles. The summed E-state index contributed by atoms with van der Waals surface area (Å²) in [6.07, 6.45) is 1.57. The number of rotatable bonds is 2. The molecule has 1 aromatic carbocycles. The highest BCUT2D eigenvalue weighted by atomic mass is 35.5. The molecule has 1 amide bonds. The van der Waals surface area contributed by atoms with Crippen molar-refractivity contribution in [2.45, 2.75) is 31.8 Å². The third-order valence-corrected chi connectivity index (χ3v) is 2.98. The van der Waals surface area contributed by atoms with Gasteiger partial charge in [-0.3, -0.25) is 4.79 Å². The lowest BCUT2D eigenvalue weighted by atomic mass is 10.0. The minimum Gasteiger partial charge on any atom is -0.493 e.